The lowest BCUT2D eigenvalue weighted by atomic mass is 10.0. The minimum atomic E-state index is 1.00. The molecule has 5 heteroatoms. The lowest BCUT2D eigenvalue weighted by Gasteiger charge is -2.38. The van der Waals surface area contributed by atoms with Gasteiger partial charge in [-0.05, 0) is 48.4 Å². The zero-order valence-corrected chi connectivity index (χ0v) is 16.0. The van der Waals surface area contributed by atoms with Gasteiger partial charge in [-0.3, -0.25) is 10.1 Å². The number of piperazine rings is 1. The number of pyridine rings is 1. The summed E-state index contributed by atoms with van der Waals surface area (Å²) in [6.45, 7) is 6.20. The summed E-state index contributed by atoms with van der Waals surface area (Å²) in [5.74, 6) is 0. The van der Waals surface area contributed by atoms with Gasteiger partial charge in [-0.25, -0.2) is 0 Å². The summed E-state index contributed by atoms with van der Waals surface area (Å²) in [6.07, 6.45) is 5.71. The summed E-state index contributed by atoms with van der Waals surface area (Å²) < 4.78 is 0. The minimum absolute atomic E-state index is 1.00. The number of nitrogens with zero attached hydrogens (tertiary/aromatic N) is 4. The zero-order valence-electron chi connectivity index (χ0n) is 16.0. The second kappa shape index (κ2) is 7.00. The summed E-state index contributed by atoms with van der Waals surface area (Å²) in [4.78, 5) is 9.53. The summed E-state index contributed by atoms with van der Waals surface area (Å²) in [7, 11) is 0. The third kappa shape index (κ3) is 3.09. The maximum absolute atomic E-state index is 4.57. The fourth-order valence-corrected chi connectivity index (χ4v) is 4.03. The summed E-state index contributed by atoms with van der Waals surface area (Å²) in [6, 6.07) is 17.4. The number of aromatic nitrogens is 3. The third-order valence-corrected chi connectivity index (χ3v) is 5.54. The van der Waals surface area contributed by atoms with Crippen LogP contribution in [0.4, 0.5) is 11.4 Å². The highest BCUT2D eigenvalue weighted by atomic mass is 15.3. The normalized spacial score (nSPS) is 14.6. The van der Waals surface area contributed by atoms with Crippen LogP contribution in [0.3, 0.4) is 0 Å². The molecule has 28 heavy (non-hydrogen) atoms. The van der Waals surface area contributed by atoms with Crippen LogP contribution in [0.25, 0.3) is 22.0 Å². The van der Waals surface area contributed by atoms with Crippen molar-refractivity contribution in [2.45, 2.75) is 6.92 Å². The molecule has 0 bridgehead atoms. The molecule has 3 heterocycles. The van der Waals surface area contributed by atoms with E-state index < -0.39 is 0 Å². The average Bonchev–Trinajstić information content (AvgIpc) is 3.28. The first-order chi connectivity index (χ1) is 13.8. The molecule has 5 nitrogen and oxygen atoms in total. The lowest BCUT2D eigenvalue weighted by Crippen LogP contribution is -2.46. The Kier molecular flexibility index (Phi) is 4.20. The highest BCUT2D eigenvalue weighted by Crippen LogP contribution is 2.31. The molecule has 1 fully saturated rings. The van der Waals surface area contributed by atoms with E-state index in [-0.39, 0.29) is 0 Å². The smallest absolute Gasteiger partial charge is 0.0723 e. The van der Waals surface area contributed by atoms with E-state index >= 15 is 0 Å². The summed E-state index contributed by atoms with van der Waals surface area (Å²) >= 11 is 0. The van der Waals surface area contributed by atoms with Crippen molar-refractivity contribution in [1.29, 1.82) is 0 Å². The summed E-state index contributed by atoms with van der Waals surface area (Å²) in [5, 5.41) is 8.17. The highest BCUT2D eigenvalue weighted by Gasteiger charge is 2.19. The molecule has 4 aromatic rings. The van der Waals surface area contributed by atoms with Gasteiger partial charge in [0.15, 0.2) is 0 Å². The molecular formula is C23H23N5. The molecule has 0 aliphatic carbocycles. The standard InChI is InChI=1S/C23H23N5/c1-17-3-2-4-20(13-17)27-9-11-28(12-10-27)23-7-8-24-22-6-5-18(14-21(22)23)19-15-25-26-16-19/h2-8,13-16H,9-12H2,1H3,(H,25,26). The van der Waals surface area contributed by atoms with E-state index in [1.165, 1.54) is 22.3 Å². The van der Waals surface area contributed by atoms with Crippen LogP contribution in [0.2, 0.25) is 0 Å². The SMILES string of the molecule is Cc1cccc(N2CCN(c3ccnc4ccc(-c5cn[nH]c5)cc34)CC2)c1. The number of nitrogens with one attached hydrogen (secondary N) is 1. The lowest BCUT2D eigenvalue weighted by molar-refractivity contribution is 0.655. The molecular weight excluding hydrogens is 346 g/mol. The number of H-pyrrole nitrogens is 1. The summed E-state index contributed by atoms with van der Waals surface area (Å²) in [5.41, 5.74) is 7.19. The van der Waals surface area contributed by atoms with E-state index in [0.29, 0.717) is 0 Å². The first-order valence-electron chi connectivity index (χ1n) is 9.72. The Hall–Kier alpha value is -3.34. The van der Waals surface area contributed by atoms with Crippen molar-refractivity contribution >= 4 is 22.3 Å². The molecule has 0 saturated carbocycles. The van der Waals surface area contributed by atoms with Gasteiger partial charge in [-0.1, -0.05) is 18.2 Å². The number of aryl methyl sites for hydroxylation is 1. The second-order valence-electron chi connectivity index (χ2n) is 7.36. The van der Waals surface area contributed by atoms with Crippen molar-refractivity contribution in [2.75, 3.05) is 36.0 Å². The van der Waals surface area contributed by atoms with Gasteiger partial charge in [0, 0.05) is 60.9 Å². The first kappa shape index (κ1) is 16.8. The Morgan fingerprint density at radius 1 is 0.893 bits per heavy atom. The molecule has 1 saturated heterocycles. The molecule has 0 atom stereocenters. The van der Waals surface area contributed by atoms with Gasteiger partial charge < -0.3 is 9.80 Å². The van der Waals surface area contributed by atoms with Gasteiger partial charge in [0.05, 0.1) is 11.7 Å². The first-order valence-corrected chi connectivity index (χ1v) is 9.72. The van der Waals surface area contributed by atoms with Crippen LogP contribution in [-0.2, 0) is 0 Å². The Bertz CT molecular complexity index is 1100. The number of fused-ring (bicyclic) bond motifs is 1. The van der Waals surface area contributed by atoms with Crippen molar-refractivity contribution in [2.24, 2.45) is 0 Å². The molecule has 1 aliphatic rings. The molecule has 0 unspecified atom stereocenters. The van der Waals surface area contributed by atoms with E-state index in [2.05, 4.69) is 80.4 Å². The van der Waals surface area contributed by atoms with Gasteiger partial charge in [0.2, 0.25) is 0 Å². The van der Waals surface area contributed by atoms with Gasteiger partial charge in [0.1, 0.15) is 0 Å². The second-order valence-corrected chi connectivity index (χ2v) is 7.36. The van der Waals surface area contributed by atoms with Crippen molar-refractivity contribution in [3.63, 3.8) is 0 Å². The van der Waals surface area contributed by atoms with Gasteiger partial charge in [0.25, 0.3) is 0 Å². The van der Waals surface area contributed by atoms with Gasteiger partial charge in [-0.2, -0.15) is 5.10 Å². The number of aromatic amines is 1. The number of benzene rings is 2. The molecule has 1 N–H and O–H groups in total. The van der Waals surface area contributed by atoms with Crippen molar-refractivity contribution in [1.82, 2.24) is 15.2 Å². The predicted octanol–water partition coefficient (Wildman–Crippen LogP) is 4.26. The molecule has 0 radical (unpaired) electrons. The quantitative estimate of drug-likeness (QED) is 0.586. The van der Waals surface area contributed by atoms with E-state index in [0.717, 1.165) is 42.8 Å². The van der Waals surface area contributed by atoms with Crippen molar-refractivity contribution in [3.05, 3.63) is 72.7 Å². The van der Waals surface area contributed by atoms with Gasteiger partial charge in [-0.15, -0.1) is 0 Å². The van der Waals surface area contributed by atoms with E-state index in [9.17, 15) is 0 Å². The molecule has 1 aliphatic heterocycles. The van der Waals surface area contributed by atoms with Crippen LogP contribution in [0.1, 0.15) is 5.56 Å². The fourth-order valence-electron chi connectivity index (χ4n) is 4.03. The van der Waals surface area contributed by atoms with Crippen LogP contribution >= 0.6 is 0 Å². The highest BCUT2D eigenvalue weighted by molar-refractivity contribution is 5.94. The zero-order chi connectivity index (χ0) is 18.9. The number of hydrogen-bond acceptors (Lipinski definition) is 4. The van der Waals surface area contributed by atoms with Crippen LogP contribution in [0, 0.1) is 6.92 Å². The van der Waals surface area contributed by atoms with Crippen LogP contribution in [0.15, 0.2) is 67.1 Å². The molecule has 2 aromatic heterocycles. The topological polar surface area (TPSA) is 48.1 Å². The number of hydrogen-bond donors (Lipinski definition) is 1. The molecule has 2 aromatic carbocycles. The maximum atomic E-state index is 4.57. The average molecular weight is 369 g/mol. The monoisotopic (exact) mass is 369 g/mol. The Labute approximate surface area is 164 Å². The Morgan fingerprint density at radius 2 is 1.75 bits per heavy atom. The Morgan fingerprint density at radius 3 is 2.54 bits per heavy atom. The Balaban J connectivity index is 1.43. The van der Waals surface area contributed by atoms with Gasteiger partial charge >= 0.3 is 0 Å². The molecule has 0 amide bonds. The van der Waals surface area contributed by atoms with E-state index in [4.69, 9.17) is 0 Å². The fraction of sp³-hybridized carbons (Fsp3) is 0.217. The van der Waals surface area contributed by atoms with Crippen molar-refractivity contribution < 1.29 is 0 Å². The number of anilines is 2. The number of rotatable bonds is 3. The molecule has 0 spiro atoms. The minimum Gasteiger partial charge on any atom is -0.368 e. The molecule has 140 valence electrons. The maximum Gasteiger partial charge on any atom is 0.0723 e. The largest absolute Gasteiger partial charge is 0.368 e. The molecule has 5 rings (SSSR count). The van der Waals surface area contributed by atoms with E-state index in [1.807, 2.05) is 18.6 Å². The van der Waals surface area contributed by atoms with Crippen LogP contribution in [0.5, 0.6) is 0 Å². The third-order valence-electron chi connectivity index (χ3n) is 5.54. The van der Waals surface area contributed by atoms with Crippen molar-refractivity contribution in [3.8, 4) is 11.1 Å². The van der Waals surface area contributed by atoms with Crippen LogP contribution in [-0.4, -0.2) is 41.4 Å². The van der Waals surface area contributed by atoms with E-state index in [1.54, 1.807) is 0 Å². The predicted molar refractivity (Wildman–Crippen MR) is 115 cm³/mol. The van der Waals surface area contributed by atoms with Crippen LogP contribution < -0.4 is 9.80 Å².